The van der Waals surface area contributed by atoms with Crippen molar-refractivity contribution in [2.75, 3.05) is 5.32 Å². The van der Waals surface area contributed by atoms with Crippen LogP contribution in [0.3, 0.4) is 0 Å². The van der Waals surface area contributed by atoms with E-state index in [1.165, 1.54) is 11.1 Å². The molecule has 1 N–H and O–H groups in total. The number of hydrogen-bond donors (Lipinski definition) is 1. The summed E-state index contributed by atoms with van der Waals surface area (Å²) in [5, 5.41) is 5.09. The predicted octanol–water partition coefficient (Wildman–Crippen LogP) is 6.31. The third kappa shape index (κ3) is 3.14. The van der Waals surface area contributed by atoms with Crippen molar-refractivity contribution in [3.63, 3.8) is 0 Å². The van der Waals surface area contributed by atoms with Crippen LogP contribution in [0.5, 0.6) is 0 Å². The van der Waals surface area contributed by atoms with Gasteiger partial charge in [-0.1, -0.05) is 53.6 Å². The zero-order valence-electron chi connectivity index (χ0n) is 14.6. The van der Waals surface area contributed by atoms with Gasteiger partial charge >= 0.3 is 0 Å². The van der Waals surface area contributed by atoms with Crippen LogP contribution in [-0.2, 0) is 0 Å². The first-order valence-corrected chi connectivity index (χ1v) is 8.85. The highest BCUT2D eigenvalue weighted by Crippen LogP contribution is 2.31. The van der Waals surface area contributed by atoms with Crippen molar-refractivity contribution in [1.82, 2.24) is 9.97 Å². The SMILES string of the molecule is Cc1ccc(Nc2nc(-c3ccccc3Cl)nc3ccccc23)c(C)c1. The van der Waals surface area contributed by atoms with Gasteiger partial charge in [-0.25, -0.2) is 9.97 Å². The van der Waals surface area contributed by atoms with Gasteiger partial charge in [0.2, 0.25) is 0 Å². The van der Waals surface area contributed by atoms with Crippen LogP contribution < -0.4 is 5.32 Å². The third-order valence-electron chi connectivity index (χ3n) is 4.35. The quantitative estimate of drug-likeness (QED) is 0.465. The van der Waals surface area contributed by atoms with E-state index in [9.17, 15) is 0 Å². The summed E-state index contributed by atoms with van der Waals surface area (Å²) in [4.78, 5) is 9.49. The van der Waals surface area contributed by atoms with Crippen LogP contribution in [0.15, 0.2) is 66.7 Å². The lowest BCUT2D eigenvalue weighted by atomic mass is 10.1. The highest BCUT2D eigenvalue weighted by Gasteiger charge is 2.12. The van der Waals surface area contributed by atoms with Crippen molar-refractivity contribution in [2.45, 2.75) is 13.8 Å². The Bertz CT molecular complexity index is 1110. The molecule has 0 aliphatic rings. The summed E-state index contributed by atoms with van der Waals surface area (Å²) >= 11 is 6.36. The lowest BCUT2D eigenvalue weighted by Crippen LogP contribution is -2.01. The molecule has 4 rings (SSSR count). The molecule has 0 aliphatic heterocycles. The van der Waals surface area contributed by atoms with Gasteiger partial charge in [0.1, 0.15) is 5.82 Å². The molecule has 0 bridgehead atoms. The lowest BCUT2D eigenvalue weighted by Gasteiger charge is -2.13. The van der Waals surface area contributed by atoms with Crippen molar-refractivity contribution < 1.29 is 0 Å². The van der Waals surface area contributed by atoms with Gasteiger partial charge in [0.05, 0.1) is 10.5 Å². The Kier molecular flexibility index (Phi) is 4.31. The van der Waals surface area contributed by atoms with Crippen LogP contribution in [0, 0.1) is 13.8 Å². The normalized spacial score (nSPS) is 10.9. The summed E-state index contributed by atoms with van der Waals surface area (Å²) in [7, 11) is 0. The van der Waals surface area contributed by atoms with Crippen LogP contribution in [0.1, 0.15) is 11.1 Å². The highest BCUT2D eigenvalue weighted by atomic mass is 35.5. The van der Waals surface area contributed by atoms with Gasteiger partial charge in [0, 0.05) is 16.6 Å². The first kappa shape index (κ1) is 16.6. The number of hydrogen-bond acceptors (Lipinski definition) is 3. The van der Waals surface area contributed by atoms with Gasteiger partial charge in [-0.05, 0) is 49.7 Å². The predicted molar refractivity (Wildman–Crippen MR) is 109 cm³/mol. The minimum absolute atomic E-state index is 0.613. The molecule has 0 radical (unpaired) electrons. The molecule has 0 saturated heterocycles. The van der Waals surface area contributed by atoms with Crippen LogP contribution >= 0.6 is 11.6 Å². The number of nitrogens with zero attached hydrogens (tertiary/aromatic N) is 2. The van der Waals surface area contributed by atoms with E-state index >= 15 is 0 Å². The van der Waals surface area contributed by atoms with E-state index in [0.717, 1.165) is 28.0 Å². The van der Waals surface area contributed by atoms with Gasteiger partial charge in [-0.2, -0.15) is 0 Å². The number of anilines is 2. The molecule has 1 aromatic heterocycles. The van der Waals surface area contributed by atoms with E-state index < -0.39 is 0 Å². The molecule has 3 aromatic carbocycles. The molecule has 4 heteroatoms. The molecule has 0 fully saturated rings. The van der Waals surface area contributed by atoms with Gasteiger partial charge in [-0.15, -0.1) is 0 Å². The van der Waals surface area contributed by atoms with E-state index in [1.807, 2.05) is 48.5 Å². The second kappa shape index (κ2) is 6.77. The minimum atomic E-state index is 0.613. The number of nitrogens with one attached hydrogen (secondary N) is 1. The van der Waals surface area contributed by atoms with Crippen molar-refractivity contribution in [3.05, 3.63) is 82.9 Å². The monoisotopic (exact) mass is 359 g/mol. The van der Waals surface area contributed by atoms with Gasteiger partial charge < -0.3 is 5.32 Å². The molecule has 1 heterocycles. The summed E-state index contributed by atoms with van der Waals surface area (Å²) in [6.07, 6.45) is 0. The second-order valence-electron chi connectivity index (χ2n) is 6.34. The molecular formula is C22H18ClN3. The third-order valence-corrected chi connectivity index (χ3v) is 4.68. The number of halogens is 1. The first-order valence-electron chi connectivity index (χ1n) is 8.48. The summed E-state index contributed by atoms with van der Waals surface area (Å²) in [6.45, 7) is 4.18. The molecule has 0 spiro atoms. The van der Waals surface area contributed by atoms with Crippen LogP contribution in [0.4, 0.5) is 11.5 Å². The summed E-state index contributed by atoms with van der Waals surface area (Å²) in [6, 6.07) is 22.0. The zero-order valence-corrected chi connectivity index (χ0v) is 15.4. The molecule has 26 heavy (non-hydrogen) atoms. The highest BCUT2D eigenvalue weighted by molar-refractivity contribution is 6.33. The zero-order chi connectivity index (χ0) is 18.1. The van der Waals surface area contributed by atoms with Gasteiger partial charge in [0.15, 0.2) is 5.82 Å². The number of fused-ring (bicyclic) bond motifs is 1. The molecular weight excluding hydrogens is 342 g/mol. The average Bonchev–Trinajstić information content (AvgIpc) is 2.64. The Morgan fingerprint density at radius 1 is 0.846 bits per heavy atom. The van der Waals surface area contributed by atoms with Gasteiger partial charge in [-0.3, -0.25) is 0 Å². The van der Waals surface area contributed by atoms with Crippen molar-refractivity contribution in [1.29, 1.82) is 0 Å². The number of rotatable bonds is 3. The average molecular weight is 360 g/mol. The number of aromatic nitrogens is 2. The summed E-state index contributed by atoms with van der Waals surface area (Å²) < 4.78 is 0. The molecule has 0 atom stereocenters. The fourth-order valence-corrected chi connectivity index (χ4v) is 3.24. The Morgan fingerprint density at radius 3 is 2.42 bits per heavy atom. The largest absolute Gasteiger partial charge is 0.339 e. The second-order valence-corrected chi connectivity index (χ2v) is 6.74. The Labute approximate surface area is 157 Å². The van der Waals surface area contributed by atoms with Gasteiger partial charge in [0.25, 0.3) is 0 Å². The van der Waals surface area contributed by atoms with Crippen LogP contribution in [0.25, 0.3) is 22.3 Å². The van der Waals surface area contributed by atoms with E-state index in [4.69, 9.17) is 21.6 Å². The van der Waals surface area contributed by atoms with Crippen LogP contribution in [-0.4, -0.2) is 9.97 Å². The first-order chi connectivity index (χ1) is 12.6. The Morgan fingerprint density at radius 2 is 1.62 bits per heavy atom. The molecule has 0 amide bonds. The molecule has 128 valence electrons. The Balaban J connectivity index is 1.89. The fourth-order valence-electron chi connectivity index (χ4n) is 3.02. The maximum Gasteiger partial charge on any atom is 0.163 e. The van der Waals surface area contributed by atoms with E-state index in [0.29, 0.717) is 10.8 Å². The summed E-state index contributed by atoms with van der Waals surface area (Å²) in [5.41, 5.74) is 5.14. The van der Waals surface area contributed by atoms with E-state index in [-0.39, 0.29) is 0 Å². The van der Waals surface area contributed by atoms with Crippen molar-refractivity contribution >= 4 is 34.0 Å². The topological polar surface area (TPSA) is 37.8 Å². The lowest BCUT2D eigenvalue weighted by molar-refractivity contribution is 1.22. The van der Waals surface area contributed by atoms with E-state index in [1.54, 1.807) is 0 Å². The molecule has 0 aliphatic carbocycles. The standard InChI is InChI=1S/C22H18ClN3/c1-14-11-12-19(15(2)13-14)24-22-17-8-4-6-10-20(17)25-21(26-22)16-7-3-5-9-18(16)23/h3-13H,1-2H3,(H,24,25,26). The fraction of sp³-hybridized carbons (Fsp3) is 0.0909. The maximum atomic E-state index is 6.36. The van der Waals surface area contributed by atoms with Crippen LogP contribution in [0.2, 0.25) is 5.02 Å². The minimum Gasteiger partial charge on any atom is -0.339 e. The van der Waals surface area contributed by atoms with Crippen molar-refractivity contribution in [2.24, 2.45) is 0 Å². The molecule has 3 nitrogen and oxygen atoms in total. The molecule has 0 saturated carbocycles. The smallest absolute Gasteiger partial charge is 0.163 e. The molecule has 4 aromatic rings. The maximum absolute atomic E-state index is 6.36. The molecule has 0 unspecified atom stereocenters. The summed E-state index contributed by atoms with van der Waals surface area (Å²) in [5.74, 6) is 1.39. The number of para-hydroxylation sites is 1. The number of benzene rings is 3. The van der Waals surface area contributed by atoms with E-state index in [2.05, 4.69) is 37.4 Å². The van der Waals surface area contributed by atoms with Crippen molar-refractivity contribution in [3.8, 4) is 11.4 Å². The Hall–Kier alpha value is -2.91. The number of aryl methyl sites for hydroxylation is 2.